The van der Waals surface area contributed by atoms with Gasteiger partial charge in [-0.3, -0.25) is 4.79 Å². The van der Waals surface area contributed by atoms with Crippen LogP contribution in [0.2, 0.25) is 0 Å². The number of ether oxygens (including phenoxy) is 1. The summed E-state index contributed by atoms with van der Waals surface area (Å²) in [5, 5.41) is 2.68. The number of H-pyrrole nitrogens is 1. The summed E-state index contributed by atoms with van der Waals surface area (Å²) in [6, 6.07) is 19.1. The average molecular weight is 441 g/mol. The van der Waals surface area contributed by atoms with Crippen molar-refractivity contribution < 1.29 is 13.2 Å². The Morgan fingerprint density at radius 3 is 2.50 bits per heavy atom. The molecular weight excluding hydrogens is 420 g/mol. The molecule has 2 aromatic carbocycles. The molecule has 0 aliphatic rings. The van der Waals surface area contributed by atoms with Crippen molar-refractivity contribution in [3.05, 3.63) is 92.9 Å². The Morgan fingerprint density at radius 2 is 1.80 bits per heavy atom. The zero-order chi connectivity index (χ0) is 21.1. The molecule has 0 unspecified atom stereocenters. The van der Waals surface area contributed by atoms with Gasteiger partial charge in [-0.05, 0) is 47.8 Å². The number of aromatic amines is 1. The van der Waals surface area contributed by atoms with Crippen molar-refractivity contribution in [1.82, 2.24) is 9.29 Å². The van der Waals surface area contributed by atoms with Crippen molar-refractivity contribution in [2.24, 2.45) is 0 Å². The monoisotopic (exact) mass is 440 g/mol. The van der Waals surface area contributed by atoms with Crippen molar-refractivity contribution in [3.8, 4) is 5.75 Å². The first-order valence-corrected chi connectivity index (χ1v) is 11.6. The van der Waals surface area contributed by atoms with Gasteiger partial charge in [0.1, 0.15) is 5.75 Å². The number of hydrogen-bond donors (Lipinski definition) is 1. The molecule has 0 atom stereocenters. The summed E-state index contributed by atoms with van der Waals surface area (Å²) in [7, 11) is -2.22. The predicted molar refractivity (Wildman–Crippen MR) is 118 cm³/mol. The Morgan fingerprint density at radius 1 is 1.00 bits per heavy atom. The van der Waals surface area contributed by atoms with E-state index < -0.39 is 10.0 Å². The zero-order valence-electron chi connectivity index (χ0n) is 16.2. The lowest BCUT2D eigenvalue weighted by molar-refractivity contribution is 0.402. The number of hydrogen-bond acceptors (Lipinski definition) is 5. The quantitative estimate of drug-likeness (QED) is 0.471. The highest BCUT2D eigenvalue weighted by atomic mass is 32.2. The highest BCUT2D eigenvalue weighted by Gasteiger charge is 2.26. The maximum absolute atomic E-state index is 13.3. The highest BCUT2D eigenvalue weighted by molar-refractivity contribution is 7.89. The molecule has 6 nitrogen and oxygen atoms in total. The van der Waals surface area contributed by atoms with Gasteiger partial charge in [-0.25, -0.2) is 8.42 Å². The number of aromatic nitrogens is 1. The number of sulfonamides is 1. The normalized spacial score (nSPS) is 11.8. The Kier molecular flexibility index (Phi) is 5.72. The van der Waals surface area contributed by atoms with Gasteiger partial charge < -0.3 is 9.72 Å². The molecule has 0 aliphatic carbocycles. The summed E-state index contributed by atoms with van der Waals surface area (Å²) >= 11 is 1.48. The van der Waals surface area contributed by atoms with Crippen LogP contribution in [-0.2, 0) is 23.1 Å². The first kappa shape index (κ1) is 20.3. The van der Waals surface area contributed by atoms with E-state index >= 15 is 0 Å². The van der Waals surface area contributed by atoms with E-state index in [0.717, 1.165) is 10.3 Å². The van der Waals surface area contributed by atoms with Gasteiger partial charge >= 0.3 is 0 Å². The van der Waals surface area contributed by atoms with Gasteiger partial charge in [-0.2, -0.15) is 4.31 Å². The molecule has 2 heterocycles. The number of thiophene rings is 1. The molecule has 2 aromatic heterocycles. The van der Waals surface area contributed by atoms with Crippen LogP contribution < -0.4 is 10.3 Å². The van der Waals surface area contributed by atoms with Crippen LogP contribution >= 0.6 is 11.3 Å². The van der Waals surface area contributed by atoms with Crippen LogP contribution in [0.3, 0.4) is 0 Å². The molecule has 0 saturated carbocycles. The third-order valence-corrected chi connectivity index (χ3v) is 7.44. The first-order chi connectivity index (χ1) is 14.5. The van der Waals surface area contributed by atoms with Crippen molar-refractivity contribution in [3.63, 3.8) is 0 Å². The topological polar surface area (TPSA) is 79.5 Å². The van der Waals surface area contributed by atoms with E-state index in [4.69, 9.17) is 4.74 Å². The van der Waals surface area contributed by atoms with Gasteiger partial charge in [0.05, 0.1) is 12.0 Å². The minimum atomic E-state index is -3.80. The molecule has 0 fully saturated rings. The van der Waals surface area contributed by atoms with Gasteiger partial charge in [-0.1, -0.05) is 24.3 Å². The lowest BCUT2D eigenvalue weighted by Gasteiger charge is -2.21. The Bertz CT molecular complexity index is 1310. The van der Waals surface area contributed by atoms with E-state index in [-0.39, 0.29) is 23.5 Å². The number of methoxy groups -OCH3 is 1. The molecule has 0 aliphatic heterocycles. The Hall–Kier alpha value is -2.94. The van der Waals surface area contributed by atoms with Gasteiger partial charge in [-0.15, -0.1) is 11.3 Å². The van der Waals surface area contributed by atoms with Crippen molar-refractivity contribution in [1.29, 1.82) is 0 Å². The highest BCUT2D eigenvalue weighted by Crippen LogP contribution is 2.24. The standard InChI is InChI=1S/C22H20N2O4S2/c1-28-18-9-10-21-16(13-18)12-17(22(25)23-21)14-24(15-19-6-5-11-29-19)30(26,27)20-7-3-2-4-8-20/h2-13H,14-15H2,1H3,(H,23,25). The van der Waals surface area contributed by atoms with Gasteiger partial charge in [0.25, 0.3) is 5.56 Å². The van der Waals surface area contributed by atoms with Gasteiger partial charge in [0.2, 0.25) is 10.0 Å². The fourth-order valence-corrected chi connectivity index (χ4v) is 5.43. The smallest absolute Gasteiger partial charge is 0.252 e. The van der Waals surface area contributed by atoms with Crippen molar-refractivity contribution >= 4 is 32.3 Å². The number of fused-ring (bicyclic) bond motifs is 1. The number of nitrogens with one attached hydrogen (secondary N) is 1. The molecule has 0 amide bonds. The third kappa shape index (κ3) is 4.16. The van der Waals surface area contributed by atoms with Crippen molar-refractivity contribution in [2.75, 3.05) is 7.11 Å². The van der Waals surface area contributed by atoms with E-state index in [1.807, 2.05) is 23.6 Å². The van der Waals surface area contributed by atoms with Gasteiger partial charge in [0.15, 0.2) is 0 Å². The van der Waals surface area contributed by atoms with Crippen LogP contribution in [0.15, 0.2) is 81.8 Å². The lowest BCUT2D eigenvalue weighted by atomic mass is 10.1. The van der Waals surface area contributed by atoms with Gasteiger partial charge in [0, 0.05) is 34.4 Å². The maximum atomic E-state index is 13.3. The van der Waals surface area contributed by atoms with Crippen LogP contribution in [-0.4, -0.2) is 24.8 Å². The predicted octanol–water partition coefficient (Wildman–Crippen LogP) is 3.99. The van der Waals surface area contributed by atoms with Crippen LogP contribution in [0.25, 0.3) is 10.9 Å². The maximum Gasteiger partial charge on any atom is 0.252 e. The number of pyridine rings is 1. The fraction of sp³-hybridized carbons (Fsp3) is 0.136. The van der Waals surface area contributed by atoms with E-state index in [9.17, 15) is 13.2 Å². The summed E-state index contributed by atoms with van der Waals surface area (Å²) in [5.74, 6) is 0.660. The lowest BCUT2D eigenvalue weighted by Crippen LogP contribution is -2.32. The Labute approximate surface area is 178 Å². The number of nitrogens with zero attached hydrogens (tertiary/aromatic N) is 1. The summed E-state index contributed by atoms with van der Waals surface area (Å²) in [4.78, 5) is 16.6. The van der Waals surface area contributed by atoms with E-state index in [1.165, 1.54) is 15.6 Å². The molecule has 0 bridgehead atoms. The number of rotatable bonds is 7. The summed E-state index contributed by atoms with van der Waals surface area (Å²) in [5.41, 5.74) is 0.721. The minimum absolute atomic E-state index is 0.0440. The molecule has 4 aromatic rings. The summed E-state index contributed by atoms with van der Waals surface area (Å²) in [6.45, 7) is 0.141. The van der Waals surface area contributed by atoms with E-state index in [1.54, 1.807) is 55.6 Å². The molecule has 4 rings (SSSR count). The molecule has 0 saturated heterocycles. The van der Waals surface area contributed by atoms with Crippen LogP contribution in [0, 0.1) is 0 Å². The summed E-state index contributed by atoms with van der Waals surface area (Å²) < 4.78 is 33.3. The van der Waals surface area contributed by atoms with E-state index in [2.05, 4.69) is 4.98 Å². The molecule has 154 valence electrons. The van der Waals surface area contributed by atoms with E-state index in [0.29, 0.717) is 16.8 Å². The minimum Gasteiger partial charge on any atom is -0.497 e. The first-order valence-electron chi connectivity index (χ1n) is 9.25. The second-order valence-corrected chi connectivity index (χ2v) is 9.71. The molecule has 0 radical (unpaired) electrons. The average Bonchev–Trinajstić information content (AvgIpc) is 3.27. The van der Waals surface area contributed by atoms with Crippen LogP contribution in [0.1, 0.15) is 10.4 Å². The van der Waals surface area contributed by atoms with Crippen LogP contribution in [0.4, 0.5) is 0 Å². The third-order valence-electron chi connectivity index (χ3n) is 4.77. The van der Waals surface area contributed by atoms with Crippen molar-refractivity contribution in [2.45, 2.75) is 18.0 Å². The van der Waals surface area contributed by atoms with Crippen LogP contribution in [0.5, 0.6) is 5.75 Å². The molecule has 1 N–H and O–H groups in total. The molecule has 8 heteroatoms. The molecule has 0 spiro atoms. The SMILES string of the molecule is COc1ccc2[nH]c(=O)c(CN(Cc3cccs3)S(=O)(=O)c3ccccc3)cc2c1. The zero-order valence-corrected chi connectivity index (χ0v) is 17.9. The second kappa shape index (κ2) is 8.43. The second-order valence-electron chi connectivity index (χ2n) is 6.74. The summed E-state index contributed by atoms with van der Waals surface area (Å²) in [6.07, 6.45) is 0. The molecular formula is C22H20N2O4S2. The number of benzene rings is 2. The largest absolute Gasteiger partial charge is 0.497 e. The molecule has 30 heavy (non-hydrogen) atoms. The Balaban J connectivity index is 1.76. The fourth-order valence-electron chi connectivity index (χ4n) is 3.21.